The molecule has 0 aliphatic rings. The van der Waals surface area contributed by atoms with Crippen molar-refractivity contribution in [3.8, 4) is 11.8 Å². The molecule has 0 unspecified atom stereocenters. The second-order valence-electron chi connectivity index (χ2n) is 5.58. The van der Waals surface area contributed by atoms with Gasteiger partial charge < -0.3 is 5.11 Å². The Morgan fingerprint density at radius 1 is 1.35 bits per heavy atom. The predicted octanol–water partition coefficient (Wildman–Crippen LogP) is 1.14. The lowest BCUT2D eigenvalue weighted by atomic mass is 9.93. The summed E-state index contributed by atoms with van der Waals surface area (Å²) < 4.78 is 26.7. The SMILES string of the molecule is CC(C)(C)CCNS(=O)(=O)c1cncc(C#CCO)c1. The van der Waals surface area contributed by atoms with Gasteiger partial charge in [-0.1, -0.05) is 32.6 Å². The second-order valence-corrected chi connectivity index (χ2v) is 7.34. The van der Waals surface area contributed by atoms with Gasteiger partial charge in [-0.25, -0.2) is 13.1 Å². The molecule has 0 aromatic carbocycles. The van der Waals surface area contributed by atoms with Crippen molar-refractivity contribution < 1.29 is 13.5 Å². The van der Waals surface area contributed by atoms with Crippen LogP contribution >= 0.6 is 0 Å². The third-order valence-electron chi connectivity index (χ3n) is 2.50. The number of nitrogens with one attached hydrogen (secondary N) is 1. The molecule has 0 bridgehead atoms. The fraction of sp³-hybridized carbons (Fsp3) is 0.500. The van der Waals surface area contributed by atoms with Crippen LogP contribution in [0.4, 0.5) is 0 Å². The summed E-state index contributed by atoms with van der Waals surface area (Å²) >= 11 is 0. The van der Waals surface area contributed by atoms with Crippen LogP contribution in [0.25, 0.3) is 0 Å². The highest BCUT2D eigenvalue weighted by Gasteiger charge is 2.16. The molecule has 0 aliphatic heterocycles. The zero-order valence-corrected chi connectivity index (χ0v) is 12.8. The molecule has 20 heavy (non-hydrogen) atoms. The van der Waals surface area contributed by atoms with Gasteiger partial charge in [0.05, 0.1) is 0 Å². The molecule has 1 heterocycles. The molecule has 1 aromatic heterocycles. The molecule has 0 spiro atoms. The number of aliphatic hydroxyl groups is 1. The molecule has 0 aliphatic carbocycles. The van der Waals surface area contributed by atoms with Crippen molar-refractivity contribution in [2.45, 2.75) is 32.1 Å². The molecule has 0 saturated heterocycles. The molecule has 0 fully saturated rings. The van der Waals surface area contributed by atoms with Crippen LogP contribution in [0.1, 0.15) is 32.8 Å². The first-order valence-electron chi connectivity index (χ1n) is 6.29. The summed E-state index contributed by atoms with van der Waals surface area (Å²) in [6.07, 6.45) is 3.48. The zero-order chi connectivity index (χ0) is 15.2. The third-order valence-corrected chi connectivity index (χ3v) is 3.93. The lowest BCUT2D eigenvalue weighted by molar-refractivity contribution is 0.350. The minimum Gasteiger partial charge on any atom is -0.384 e. The van der Waals surface area contributed by atoms with E-state index in [0.717, 1.165) is 6.42 Å². The number of aliphatic hydroxyl groups excluding tert-OH is 1. The molecular weight excluding hydrogens is 276 g/mol. The Labute approximate surface area is 120 Å². The Bertz CT molecular complexity index is 607. The maximum atomic E-state index is 12.1. The maximum Gasteiger partial charge on any atom is 0.242 e. The average Bonchev–Trinajstić information content (AvgIpc) is 2.35. The highest BCUT2D eigenvalue weighted by Crippen LogP contribution is 2.18. The van der Waals surface area contributed by atoms with Gasteiger partial charge in [0, 0.05) is 24.5 Å². The van der Waals surface area contributed by atoms with Crippen LogP contribution < -0.4 is 4.72 Å². The molecule has 0 radical (unpaired) electrons. The summed E-state index contributed by atoms with van der Waals surface area (Å²) in [6.45, 7) is 6.25. The minimum atomic E-state index is -3.57. The number of hydrogen-bond donors (Lipinski definition) is 2. The molecule has 1 rings (SSSR count). The molecule has 0 saturated carbocycles. The van der Waals surface area contributed by atoms with Crippen LogP contribution in [-0.4, -0.2) is 31.7 Å². The molecule has 6 heteroatoms. The number of hydrogen-bond acceptors (Lipinski definition) is 4. The fourth-order valence-electron chi connectivity index (χ4n) is 1.42. The van der Waals surface area contributed by atoms with E-state index >= 15 is 0 Å². The number of pyridine rings is 1. The standard InChI is InChI=1S/C14H20N2O3S/c1-14(2,3)6-7-16-20(18,19)13-9-12(5-4-8-17)10-15-11-13/h9-11,16-17H,6-8H2,1-3H3. The highest BCUT2D eigenvalue weighted by atomic mass is 32.2. The molecule has 1 aromatic rings. The van der Waals surface area contributed by atoms with Gasteiger partial charge in [0.15, 0.2) is 0 Å². The van der Waals surface area contributed by atoms with E-state index in [1.807, 2.05) is 20.8 Å². The van der Waals surface area contributed by atoms with Crippen molar-refractivity contribution in [1.29, 1.82) is 0 Å². The Morgan fingerprint density at radius 2 is 2.05 bits per heavy atom. The lowest BCUT2D eigenvalue weighted by Gasteiger charge is -2.18. The molecule has 2 N–H and O–H groups in total. The van der Waals surface area contributed by atoms with E-state index in [1.165, 1.54) is 18.5 Å². The topological polar surface area (TPSA) is 79.3 Å². The second kappa shape index (κ2) is 6.84. The van der Waals surface area contributed by atoms with Crippen LogP contribution in [-0.2, 0) is 10.0 Å². The van der Waals surface area contributed by atoms with Crippen LogP contribution in [0.3, 0.4) is 0 Å². The van der Waals surface area contributed by atoms with Crippen LogP contribution in [0.15, 0.2) is 23.4 Å². The van der Waals surface area contributed by atoms with E-state index in [0.29, 0.717) is 12.1 Å². The number of aromatic nitrogens is 1. The van der Waals surface area contributed by atoms with E-state index in [-0.39, 0.29) is 16.9 Å². The molecular formula is C14H20N2O3S. The van der Waals surface area contributed by atoms with Gasteiger partial charge in [0.25, 0.3) is 0 Å². The van der Waals surface area contributed by atoms with Crippen LogP contribution in [0.2, 0.25) is 0 Å². The van der Waals surface area contributed by atoms with E-state index in [1.54, 1.807) is 0 Å². The van der Waals surface area contributed by atoms with E-state index in [4.69, 9.17) is 5.11 Å². The molecule has 110 valence electrons. The van der Waals surface area contributed by atoms with E-state index in [2.05, 4.69) is 21.5 Å². The summed E-state index contributed by atoms with van der Waals surface area (Å²) in [4.78, 5) is 3.94. The van der Waals surface area contributed by atoms with Crippen LogP contribution in [0, 0.1) is 17.3 Å². The quantitative estimate of drug-likeness (QED) is 0.817. The van der Waals surface area contributed by atoms with Gasteiger partial charge >= 0.3 is 0 Å². The lowest BCUT2D eigenvalue weighted by Crippen LogP contribution is -2.27. The van der Waals surface area contributed by atoms with Crippen molar-refractivity contribution in [3.05, 3.63) is 24.0 Å². The fourth-order valence-corrected chi connectivity index (χ4v) is 2.44. The summed E-state index contributed by atoms with van der Waals surface area (Å²) in [6, 6.07) is 1.44. The average molecular weight is 296 g/mol. The Balaban J connectivity index is 2.82. The Morgan fingerprint density at radius 3 is 2.65 bits per heavy atom. The summed E-state index contributed by atoms with van der Waals surface area (Å²) in [7, 11) is -3.57. The van der Waals surface area contributed by atoms with Crippen molar-refractivity contribution in [1.82, 2.24) is 9.71 Å². The predicted molar refractivity (Wildman–Crippen MR) is 77.5 cm³/mol. The van der Waals surface area contributed by atoms with E-state index in [9.17, 15) is 8.42 Å². The summed E-state index contributed by atoms with van der Waals surface area (Å²) in [5, 5.41) is 8.62. The zero-order valence-electron chi connectivity index (χ0n) is 12.0. The highest BCUT2D eigenvalue weighted by molar-refractivity contribution is 7.89. The van der Waals surface area contributed by atoms with E-state index < -0.39 is 10.0 Å². The number of rotatable bonds is 4. The van der Waals surface area contributed by atoms with Gasteiger partial charge in [0.1, 0.15) is 11.5 Å². The van der Waals surface area contributed by atoms with Gasteiger partial charge in [-0.2, -0.15) is 0 Å². The van der Waals surface area contributed by atoms with Gasteiger partial charge in [0.2, 0.25) is 10.0 Å². The van der Waals surface area contributed by atoms with Crippen molar-refractivity contribution >= 4 is 10.0 Å². The summed E-state index contributed by atoms with van der Waals surface area (Å²) in [5.41, 5.74) is 0.521. The number of nitrogens with zero attached hydrogens (tertiary/aromatic N) is 1. The first kappa shape index (κ1) is 16.6. The maximum absolute atomic E-state index is 12.1. The minimum absolute atomic E-state index is 0.0647. The third kappa shape index (κ3) is 5.70. The Kier molecular flexibility index (Phi) is 5.69. The summed E-state index contributed by atoms with van der Waals surface area (Å²) in [5.74, 6) is 5.09. The van der Waals surface area contributed by atoms with Crippen molar-refractivity contribution in [2.75, 3.05) is 13.2 Å². The largest absolute Gasteiger partial charge is 0.384 e. The smallest absolute Gasteiger partial charge is 0.242 e. The molecule has 0 amide bonds. The van der Waals surface area contributed by atoms with Crippen molar-refractivity contribution in [3.63, 3.8) is 0 Å². The van der Waals surface area contributed by atoms with Crippen LogP contribution in [0.5, 0.6) is 0 Å². The first-order chi connectivity index (χ1) is 9.24. The normalized spacial score (nSPS) is 11.8. The Hall–Kier alpha value is -1.42. The molecule has 0 atom stereocenters. The number of sulfonamides is 1. The van der Waals surface area contributed by atoms with Crippen molar-refractivity contribution in [2.24, 2.45) is 5.41 Å². The van der Waals surface area contributed by atoms with Gasteiger partial charge in [-0.05, 0) is 17.9 Å². The first-order valence-corrected chi connectivity index (χ1v) is 7.77. The molecule has 5 nitrogen and oxygen atoms in total. The van der Waals surface area contributed by atoms with Gasteiger partial charge in [-0.15, -0.1) is 0 Å². The van der Waals surface area contributed by atoms with Gasteiger partial charge in [-0.3, -0.25) is 4.98 Å². The monoisotopic (exact) mass is 296 g/mol.